The van der Waals surface area contributed by atoms with Crippen LogP contribution < -0.4 is 0 Å². The largest absolute Gasteiger partial charge is 0.444 e. The molecular weight excluding hydrogens is 854 g/mol. The van der Waals surface area contributed by atoms with Gasteiger partial charge in [0, 0.05) is 48.8 Å². The molecule has 2 atom stereocenters. The van der Waals surface area contributed by atoms with E-state index in [0.29, 0.717) is 13.3 Å². The number of imidazole rings is 1. The van der Waals surface area contributed by atoms with E-state index in [4.69, 9.17) is 24.2 Å². The van der Waals surface area contributed by atoms with E-state index in [1.807, 2.05) is 103 Å². The van der Waals surface area contributed by atoms with Crippen molar-refractivity contribution >= 4 is 74.6 Å². The van der Waals surface area contributed by atoms with E-state index in [0.717, 1.165) is 88.5 Å². The van der Waals surface area contributed by atoms with Crippen LogP contribution in [0, 0.1) is 0 Å². The van der Waals surface area contributed by atoms with Gasteiger partial charge in [-0.25, -0.2) is 14.6 Å². The molecule has 0 saturated carbocycles. The SMILES string of the molecule is CC.CC.CC(C)(C)OC(=O)N1CCC[C@H]1C1=Nc2cc(Br)ccc2C1.CC(C)(C)OC(=O)N1CCC[C@H]1c1nc2cc(Br)ccc2n1COCC[Si](C)(C)C. The third kappa shape index (κ3) is 13.7. The predicted octanol–water partition coefficient (Wildman–Crippen LogP) is 12.7. The van der Waals surface area contributed by atoms with Gasteiger partial charge >= 0.3 is 12.2 Å². The lowest BCUT2D eigenvalue weighted by molar-refractivity contribution is 0.0203. The van der Waals surface area contributed by atoms with Crippen LogP contribution in [0.2, 0.25) is 25.7 Å². The fourth-order valence-corrected chi connectivity index (χ4v) is 8.10. The summed E-state index contributed by atoms with van der Waals surface area (Å²) in [4.78, 5) is 38.6. The average molecular weight is 922 g/mol. The van der Waals surface area contributed by atoms with Crippen molar-refractivity contribution in [3.05, 3.63) is 56.7 Å². The van der Waals surface area contributed by atoms with Crippen LogP contribution >= 0.6 is 31.9 Å². The van der Waals surface area contributed by atoms with Crippen molar-refractivity contribution in [1.82, 2.24) is 19.4 Å². The minimum atomic E-state index is -1.15. The molecule has 0 radical (unpaired) electrons. The Morgan fingerprint density at radius 1 is 0.804 bits per heavy atom. The predicted molar refractivity (Wildman–Crippen MR) is 240 cm³/mol. The number of halogens is 2. The van der Waals surface area contributed by atoms with E-state index in [1.165, 1.54) is 5.56 Å². The van der Waals surface area contributed by atoms with Crippen LogP contribution in [0.4, 0.5) is 15.3 Å². The third-order valence-corrected chi connectivity index (χ3v) is 11.8. The van der Waals surface area contributed by atoms with E-state index < -0.39 is 19.3 Å². The molecule has 13 heteroatoms. The summed E-state index contributed by atoms with van der Waals surface area (Å²) >= 11 is 7.03. The Bertz CT molecular complexity index is 1790. The Morgan fingerprint density at radius 2 is 1.34 bits per heavy atom. The zero-order chi connectivity index (χ0) is 42.0. The number of carbonyl (C=O) groups is 2. The highest BCUT2D eigenvalue weighted by Gasteiger charge is 2.38. The van der Waals surface area contributed by atoms with Crippen molar-refractivity contribution in [3.63, 3.8) is 0 Å². The smallest absolute Gasteiger partial charge is 0.410 e. The van der Waals surface area contributed by atoms with Gasteiger partial charge in [-0.05, 0) is 109 Å². The minimum Gasteiger partial charge on any atom is -0.444 e. The van der Waals surface area contributed by atoms with Crippen molar-refractivity contribution in [3.8, 4) is 0 Å². The topological polar surface area (TPSA) is 98.5 Å². The lowest BCUT2D eigenvalue weighted by Gasteiger charge is -2.28. The highest BCUT2D eigenvalue weighted by atomic mass is 79.9. The molecule has 2 saturated heterocycles. The summed E-state index contributed by atoms with van der Waals surface area (Å²) in [6.07, 6.45) is 4.11. The number of hydrogen-bond acceptors (Lipinski definition) is 7. The third-order valence-electron chi connectivity index (χ3n) is 9.08. The number of aromatic nitrogens is 2. The number of likely N-dealkylation sites (tertiary alicyclic amines) is 2. The lowest BCUT2D eigenvalue weighted by atomic mass is 10.0. The summed E-state index contributed by atoms with van der Waals surface area (Å²) in [6, 6.07) is 13.4. The van der Waals surface area contributed by atoms with Crippen LogP contribution in [-0.2, 0) is 27.4 Å². The highest BCUT2D eigenvalue weighted by molar-refractivity contribution is 9.10. The molecule has 2 fully saturated rings. The molecule has 0 bridgehead atoms. The molecule has 10 nitrogen and oxygen atoms in total. The molecule has 2 aromatic carbocycles. The summed E-state index contributed by atoms with van der Waals surface area (Å²) in [6.45, 7) is 29.1. The molecule has 0 aliphatic carbocycles. The second-order valence-electron chi connectivity index (χ2n) is 17.1. The highest BCUT2D eigenvalue weighted by Crippen LogP contribution is 2.36. The maximum absolute atomic E-state index is 12.8. The van der Waals surface area contributed by atoms with Gasteiger partial charge in [-0.2, -0.15) is 0 Å². The number of carbonyl (C=O) groups excluding carboxylic acids is 2. The van der Waals surface area contributed by atoms with Gasteiger partial charge in [-0.1, -0.05) is 85.3 Å². The van der Waals surface area contributed by atoms with Gasteiger partial charge in [-0.15, -0.1) is 0 Å². The number of rotatable bonds is 7. The molecular formula is C43H67Br2N5O5Si. The number of aliphatic imine (C=N–C) groups is 1. The quantitative estimate of drug-likeness (QED) is 0.173. The van der Waals surface area contributed by atoms with Gasteiger partial charge in [0.1, 0.15) is 23.8 Å². The first-order valence-electron chi connectivity index (χ1n) is 20.4. The first-order chi connectivity index (χ1) is 26.3. The molecule has 1 aromatic heterocycles. The Labute approximate surface area is 354 Å². The van der Waals surface area contributed by atoms with Gasteiger partial charge in [-0.3, -0.25) is 14.8 Å². The number of ether oxygens (including phenoxy) is 3. The van der Waals surface area contributed by atoms with Crippen LogP contribution in [0.5, 0.6) is 0 Å². The van der Waals surface area contributed by atoms with Crippen LogP contribution in [0.1, 0.15) is 112 Å². The number of hydrogen-bond donors (Lipinski definition) is 0. The van der Waals surface area contributed by atoms with Crippen LogP contribution in [0.25, 0.3) is 11.0 Å². The van der Waals surface area contributed by atoms with E-state index >= 15 is 0 Å². The van der Waals surface area contributed by atoms with E-state index in [1.54, 1.807) is 0 Å². The van der Waals surface area contributed by atoms with E-state index in [9.17, 15) is 9.59 Å². The van der Waals surface area contributed by atoms with Crippen LogP contribution in [-0.4, -0.2) is 82.3 Å². The van der Waals surface area contributed by atoms with Crippen LogP contribution in [0.3, 0.4) is 0 Å². The Morgan fingerprint density at radius 3 is 1.91 bits per heavy atom. The average Bonchev–Trinajstić information content (AvgIpc) is 3.91. The maximum atomic E-state index is 12.8. The number of amides is 2. The Hall–Kier alpha value is -2.74. The summed E-state index contributed by atoms with van der Waals surface area (Å²) in [7, 11) is -1.15. The van der Waals surface area contributed by atoms with Crippen molar-refractivity contribution in [2.75, 3.05) is 19.7 Å². The van der Waals surface area contributed by atoms with E-state index in [-0.39, 0.29) is 24.3 Å². The number of nitrogens with zero attached hydrogens (tertiary/aromatic N) is 5. The monoisotopic (exact) mass is 919 g/mol. The standard InChI is InChI=1S/C22H34BrN3O3Si.C17H21BrN2O2.2C2H6/c1-22(2,3)29-21(27)25-11-7-8-19(25)20-24-17-14-16(23)9-10-18(17)26(20)15-28-12-13-30(4,5)6;1-17(2,3)22-16(21)20-8-4-5-15(20)14-9-11-6-7-12(18)10-13(11)19-14;2*1-2/h9-10,14,19H,7-8,11-13,15H2,1-6H3;6-7,10,15H,4-5,8-9H2,1-3H3;2*1-2H3/t19-;15-;;/m00../s1. The molecule has 3 aromatic rings. The first kappa shape index (κ1) is 47.6. The van der Waals surface area contributed by atoms with E-state index in [2.05, 4.69) is 68.2 Å². The van der Waals surface area contributed by atoms with Gasteiger partial charge in [0.2, 0.25) is 0 Å². The summed E-state index contributed by atoms with van der Waals surface area (Å²) < 4.78 is 21.4. The molecule has 3 aliphatic heterocycles. The summed E-state index contributed by atoms with van der Waals surface area (Å²) in [5, 5.41) is 0. The number of benzene rings is 2. The summed E-state index contributed by atoms with van der Waals surface area (Å²) in [5.74, 6) is 0.875. The first-order valence-corrected chi connectivity index (χ1v) is 25.7. The molecule has 0 spiro atoms. The molecule has 3 aliphatic rings. The fraction of sp³-hybridized carbons (Fsp3) is 0.628. The van der Waals surface area contributed by atoms with Gasteiger partial charge in [0.25, 0.3) is 0 Å². The van der Waals surface area contributed by atoms with Crippen molar-refractivity contribution in [2.45, 2.75) is 157 Å². The van der Waals surface area contributed by atoms with Gasteiger partial charge < -0.3 is 18.8 Å². The lowest BCUT2D eigenvalue weighted by Crippen LogP contribution is -2.43. The molecule has 6 rings (SSSR count). The van der Waals surface area contributed by atoms with Gasteiger partial charge in [0.15, 0.2) is 0 Å². The number of fused-ring (bicyclic) bond motifs is 2. The molecule has 4 heterocycles. The fourth-order valence-electron chi connectivity index (χ4n) is 6.64. The van der Waals surface area contributed by atoms with Crippen molar-refractivity contribution in [2.24, 2.45) is 4.99 Å². The Kier molecular flexibility index (Phi) is 17.7. The molecule has 312 valence electrons. The normalized spacial score (nSPS) is 17.9. The second kappa shape index (κ2) is 20.8. The molecule has 2 amide bonds. The van der Waals surface area contributed by atoms with Crippen molar-refractivity contribution < 1.29 is 23.8 Å². The minimum absolute atomic E-state index is 0.0704. The van der Waals surface area contributed by atoms with Crippen molar-refractivity contribution in [1.29, 1.82) is 0 Å². The Balaban J connectivity index is 0.000000286. The summed E-state index contributed by atoms with van der Waals surface area (Å²) in [5.41, 5.74) is 4.28. The second-order valence-corrected chi connectivity index (χ2v) is 24.5. The van der Waals surface area contributed by atoms with Gasteiger partial charge in [0.05, 0.1) is 28.8 Å². The molecule has 0 N–H and O–H groups in total. The zero-order valence-corrected chi connectivity index (χ0v) is 40.4. The van der Waals surface area contributed by atoms with Crippen LogP contribution in [0.15, 0.2) is 50.3 Å². The maximum Gasteiger partial charge on any atom is 0.410 e. The molecule has 56 heavy (non-hydrogen) atoms. The zero-order valence-electron chi connectivity index (χ0n) is 36.2. The molecule has 0 unspecified atom stereocenters.